The number of halogens is 1. The largest absolute Gasteiger partial charge is 0.386 e. The van der Waals surface area contributed by atoms with Gasteiger partial charge in [0.2, 0.25) is 0 Å². The zero-order chi connectivity index (χ0) is 8.55. The Kier molecular flexibility index (Phi) is 1.77. The monoisotopic (exact) mass is 182 g/mol. The van der Waals surface area contributed by atoms with Crippen molar-refractivity contribution in [2.24, 2.45) is 10.7 Å². The van der Waals surface area contributed by atoms with E-state index in [4.69, 9.17) is 5.73 Å². The summed E-state index contributed by atoms with van der Waals surface area (Å²) in [6.45, 7) is 0. The van der Waals surface area contributed by atoms with Crippen molar-refractivity contribution in [3.63, 3.8) is 0 Å². The van der Waals surface area contributed by atoms with Gasteiger partial charge in [0.25, 0.3) is 0 Å². The maximum absolute atomic E-state index is 12.7. The van der Waals surface area contributed by atoms with Crippen molar-refractivity contribution >= 4 is 23.3 Å². The van der Waals surface area contributed by atoms with E-state index in [1.807, 2.05) is 0 Å². The highest BCUT2D eigenvalue weighted by molar-refractivity contribution is 8.00. The van der Waals surface area contributed by atoms with E-state index in [1.54, 1.807) is 17.8 Å². The fraction of sp³-hybridized carbons (Fsp3) is 0.125. The number of nitrogens with two attached hydrogens (primary N) is 1. The zero-order valence-electron chi connectivity index (χ0n) is 6.25. The van der Waals surface area contributed by atoms with Gasteiger partial charge in [0.05, 0.1) is 11.4 Å². The summed E-state index contributed by atoms with van der Waals surface area (Å²) in [5.74, 6) is 0.976. The molecule has 0 fully saturated rings. The van der Waals surface area contributed by atoms with Crippen LogP contribution in [0.2, 0.25) is 0 Å². The van der Waals surface area contributed by atoms with E-state index in [1.165, 1.54) is 12.1 Å². The first kappa shape index (κ1) is 7.61. The van der Waals surface area contributed by atoms with Crippen molar-refractivity contribution in [1.29, 1.82) is 0 Å². The lowest BCUT2D eigenvalue weighted by Gasteiger charge is -2.11. The highest BCUT2D eigenvalue weighted by Gasteiger charge is 2.10. The van der Waals surface area contributed by atoms with Gasteiger partial charge in [-0.15, -0.1) is 11.8 Å². The minimum atomic E-state index is -0.271. The van der Waals surface area contributed by atoms with Crippen LogP contribution in [-0.2, 0) is 0 Å². The minimum absolute atomic E-state index is 0.271. The van der Waals surface area contributed by atoms with Crippen LogP contribution in [0.1, 0.15) is 0 Å². The maximum Gasteiger partial charge on any atom is 0.125 e. The van der Waals surface area contributed by atoms with Crippen molar-refractivity contribution in [3.8, 4) is 0 Å². The van der Waals surface area contributed by atoms with Crippen molar-refractivity contribution in [3.05, 3.63) is 24.0 Å². The molecule has 0 unspecified atom stereocenters. The van der Waals surface area contributed by atoms with Crippen LogP contribution in [-0.4, -0.2) is 11.6 Å². The number of fused-ring (bicyclic) bond motifs is 1. The Bertz CT molecular complexity index is 349. The lowest BCUT2D eigenvalue weighted by Crippen LogP contribution is -2.16. The number of nitrogens with zero attached hydrogens (tertiary/aromatic N) is 1. The summed E-state index contributed by atoms with van der Waals surface area (Å²) >= 11 is 1.58. The Morgan fingerprint density at radius 2 is 2.33 bits per heavy atom. The lowest BCUT2D eigenvalue weighted by molar-refractivity contribution is 0.627. The first-order valence-electron chi connectivity index (χ1n) is 3.51. The molecule has 0 aromatic heterocycles. The fourth-order valence-electron chi connectivity index (χ4n) is 1.04. The third-order valence-corrected chi connectivity index (χ3v) is 2.66. The molecule has 12 heavy (non-hydrogen) atoms. The molecule has 2 rings (SSSR count). The highest BCUT2D eigenvalue weighted by Crippen LogP contribution is 2.33. The van der Waals surface area contributed by atoms with Crippen molar-refractivity contribution in [2.45, 2.75) is 4.90 Å². The fourth-order valence-corrected chi connectivity index (χ4v) is 1.82. The summed E-state index contributed by atoms with van der Waals surface area (Å²) < 4.78 is 12.7. The molecule has 1 aliphatic rings. The summed E-state index contributed by atoms with van der Waals surface area (Å²) in [5.41, 5.74) is 6.15. The van der Waals surface area contributed by atoms with Crippen LogP contribution in [0.4, 0.5) is 10.1 Å². The topological polar surface area (TPSA) is 38.4 Å². The Labute approximate surface area is 73.7 Å². The highest BCUT2D eigenvalue weighted by atomic mass is 32.2. The Hall–Kier alpha value is -1.03. The molecule has 0 atom stereocenters. The van der Waals surface area contributed by atoms with E-state index in [9.17, 15) is 4.39 Å². The molecule has 1 aromatic carbocycles. The minimum Gasteiger partial charge on any atom is -0.386 e. The first-order valence-corrected chi connectivity index (χ1v) is 4.49. The van der Waals surface area contributed by atoms with Crippen LogP contribution in [0.3, 0.4) is 0 Å². The zero-order valence-corrected chi connectivity index (χ0v) is 7.07. The van der Waals surface area contributed by atoms with Gasteiger partial charge in [0.1, 0.15) is 11.7 Å². The molecule has 62 valence electrons. The number of hydrogen-bond donors (Lipinski definition) is 1. The molecule has 0 spiro atoms. The normalized spacial score (nSPS) is 15.2. The Morgan fingerprint density at radius 3 is 3.17 bits per heavy atom. The van der Waals surface area contributed by atoms with Crippen LogP contribution in [0.25, 0.3) is 0 Å². The van der Waals surface area contributed by atoms with E-state index in [0.717, 1.165) is 4.90 Å². The quantitative estimate of drug-likeness (QED) is 0.665. The number of amidine groups is 1. The van der Waals surface area contributed by atoms with E-state index < -0.39 is 0 Å². The van der Waals surface area contributed by atoms with E-state index in [2.05, 4.69) is 4.99 Å². The van der Waals surface area contributed by atoms with Gasteiger partial charge >= 0.3 is 0 Å². The predicted octanol–water partition coefficient (Wildman–Crippen LogP) is 1.92. The molecule has 0 saturated heterocycles. The molecule has 2 nitrogen and oxygen atoms in total. The SMILES string of the molecule is NC1=Nc2cc(F)ccc2SC1. The van der Waals surface area contributed by atoms with Gasteiger partial charge in [0.15, 0.2) is 0 Å². The molecular formula is C8H7FN2S. The molecule has 0 amide bonds. The molecular weight excluding hydrogens is 175 g/mol. The van der Waals surface area contributed by atoms with Crippen molar-refractivity contribution in [2.75, 3.05) is 5.75 Å². The molecule has 1 heterocycles. The van der Waals surface area contributed by atoms with Gasteiger partial charge < -0.3 is 5.73 Å². The second kappa shape index (κ2) is 2.79. The van der Waals surface area contributed by atoms with Gasteiger partial charge in [-0.05, 0) is 12.1 Å². The average molecular weight is 182 g/mol. The Morgan fingerprint density at radius 1 is 1.50 bits per heavy atom. The van der Waals surface area contributed by atoms with Crippen LogP contribution >= 0.6 is 11.8 Å². The summed E-state index contributed by atoms with van der Waals surface area (Å²) in [6.07, 6.45) is 0. The predicted molar refractivity (Wildman–Crippen MR) is 48.4 cm³/mol. The number of thioether (sulfide) groups is 1. The molecule has 1 aliphatic heterocycles. The smallest absolute Gasteiger partial charge is 0.125 e. The molecule has 4 heteroatoms. The van der Waals surface area contributed by atoms with E-state index >= 15 is 0 Å². The standard InChI is InChI=1S/C8H7FN2S/c9-5-1-2-7-6(3-5)11-8(10)4-12-7/h1-3H,4H2,(H2,10,11). The van der Waals surface area contributed by atoms with Gasteiger partial charge in [-0.3, -0.25) is 0 Å². The van der Waals surface area contributed by atoms with Gasteiger partial charge in [-0.2, -0.15) is 0 Å². The number of rotatable bonds is 0. The number of aliphatic imine (C=N–C) groups is 1. The summed E-state index contributed by atoms with van der Waals surface area (Å²) in [5, 5.41) is 0. The van der Waals surface area contributed by atoms with Gasteiger partial charge in [-0.1, -0.05) is 0 Å². The second-order valence-electron chi connectivity index (χ2n) is 2.50. The van der Waals surface area contributed by atoms with Gasteiger partial charge in [-0.25, -0.2) is 9.38 Å². The molecule has 0 saturated carbocycles. The van der Waals surface area contributed by atoms with Crippen LogP contribution < -0.4 is 5.73 Å². The molecule has 1 aromatic rings. The maximum atomic E-state index is 12.7. The van der Waals surface area contributed by atoms with Crippen LogP contribution in [0.5, 0.6) is 0 Å². The van der Waals surface area contributed by atoms with Gasteiger partial charge in [0, 0.05) is 11.0 Å². The van der Waals surface area contributed by atoms with E-state index in [0.29, 0.717) is 17.3 Å². The van der Waals surface area contributed by atoms with Crippen molar-refractivity contribution < 1.29 is 4.39 Å². The number of benzene rings is 1. The second-order valence-corrected chi connectivity index (χ2v) is 3.52. The Balaban J connectivity index is 2.53. The first-order chi connectivity index (χ1) is 5.75. The number of hydrogen-bond acceptors (Lipinski definition) is 3. The molecule has 0 radical (unpaired) electrons. The van der Waals surface area contributed by atoms with Crippen LogP contribution in [0, 0.1) is 5.82 Å². The molecule has 2 N–H and O–H groups in total. The van der Waals surface area contributed by atoms with Crippen LogP contribution in [0.15, 0.2) is 28.1 Å². The molecule has 0 bridgehead atoms. The summed E-state index contributed by atoms with van der Waals surface area (Å²) in [4.78, 5) is 5.03. The summed E-state index contributed by atoms with van der Waals surface area (Å²) in [6, 6.07) is 4.56. The molecule has 0 aliphatic carbocycles. The van der Waals surface area contributed by atoms with E-state index in [-0.39, 0.29) is 5.82 Å². The van der Waals surface area contributed by atoms with Crippen molar-refractivity contribution in [1.82, 2.24) is 0 Å². The third kappa shape index (κ3) is 1.30. The summed E-state index contributed by atoms with van der Waals surface area (Å²) in [7, 11) is 0. The average Bonchev–Trinajstić information content (AvgIpc) is 2.03. The third-order valence-electron chi connectivity index (χ3n) is 1.56. The lowest BCUT2D eigenvalue weighted by atomic mass is 10.3.